The van der Waals surface area contributed by atoms with E-state index in [-0.39, 0.29) is 5.41 Å². The van der Waals surface area contributed by atoms with Gasteiger partial charge in [-0.1, -0.05) is 185 Å². The van der Waals surface area contributed by atoms with Crippen LogP contribution < -0.4 is 36.6 Å². The molecule has 0 saturated heterocycles. The Balaban J connectivity index is 1.49. The van der Waals surface area contributed by atoms with Gasteiger partial charge < -0.3 is 4.74 Å². The van der Waals surface area contributed by atoms with Gasteiger partial charge in [0.15, 0.2) is 0 Å². The lowest BCUT2D eigenvalue weighted by molar-refractivity contribution is 0.349. The van der Waals surface area contributed by atoms with Crippen molar-refractivity contribution in [2.45, 2.75) is 39.0 Å². The molecule has 0 fully saturated rings. The average molecular weight is 635 g/mol. The first kappa shape index (κ1) is 30.6. The zero-order valence-electron chi connectivity index (χ0n) is 26.8. The van der Waals surface area contributed by atoms with Gasteiger partial charge in [-0.25, -0.2) is 0 Å². The minimum absolute atomic E-state index is 0.201. The summed E-state index contributed by atoms with van der Waals surface area (Å²) >= 11 is 0. The third kappa shape index (κ3) is 5.73. The van der Waals surface area contributed by atoms with Gasteiger partial charge in [0.25, 0.3) is 0 Å². The lowest BCUT2D eigenvalue weighted by Gasteiger charge is -2.42. The van der Waals surface area contributed by atoms with Crippen molar-refractivity contribution in [2.75, 3.05) is 0 Å². The molecule has 6 aromatic rings. The molecule has 1 unspecified atom stereocenters. The molecule has 0 aliphatic carbocycles. The zero-order valence-corrected chi connectivity index (χ0v) is 28.6. The van der Waals surface area contributed by atoms with E-state index in [4.69, 9.17) is 4.74 Å². The minimum atomic E-state index is -0.848. The molecule has 0 amide bonds. The number of hydrogen-bond acceptors (Lipinski definition) is 1. The van der Waals surface area contributed by atoms with E-state index in [0.29, 0.717) is 5.92 Å². The van der Waals surface area contributed by atoms with Crippen LogP contribution in [0.3, 0.4) is 0 Å². The van der Waals surface area contributed by atoms with E-state index >= 15 is 0 Å². The quantitative estimate of drug-likeness (QED) is 0.144. The van der Waals surface area contributed by atoms with Gasteiger partial charge >= 0.3 is 0 Å². The fraction of sp³-hybridized carbons (Fsp3) is 0.163. The van der Waals surface area contributed by atoms with Gasteiger partial charge in [-0.15, -0.1) is 0 Å². The van der Waals surface area contributed by atoms with Crippen molar-refractivity contribution in [3.63, 3.8) is 0 Å². The van der Waals surface area contributed by atoms with Gasteiger partial charge in [0.2, 0.25) is 0 Å². The maximum atomic E-state index is 7.43. The molecule has 1 aliphatic heterocycles. The van der Waals surface area contributed by atoms with Gasteiger partial charge in [0.05, 0.1) is 0 Å². The lowest BCUT2D eigenvalue weighted by atomic mass is 9.69. The number of fused-ring (bicyclic) bond motifs is 2. The van der Waals surface area contributed by atoms with Crippen molar-refractivity contribution >= 4 is 47.7 Å². The molecule has 1 nitrogen and oxygen atoms in total. The second kappa shape index (κ2) is 13.4. The van der Waals surface area contributed by atoms with Gasteiger partial charge in [0, 0.05) is 27.2 Å². The topological polar surface area (TPSA) is 9.23 Å². The normalized spacial score (nSPS) is 13.9. The summed E-state index contributed by atoms with van der Waals surface area (Å²) < 4.78 is 7.43. The molecule has 0 bridgehead atoms. The number of hydrogen-bond donors (Lipinski definition) is 0. The van der Waals surface area contributed by atoms with E-state index in [1.165, 1.54) is 43.0 Å². The summed E-state index contributed by atoms with van der Waals surface area (Å²) in [6.45, 7) is 7.18. The van der Waals surface area contributed by atoms with Crippen LogP contribution in [-0.2, 0) is 5.41 Å². The third-order valence-electron chi connectivity index (χ3n) is 9.37. The highest BCUT2D eigenvalue weighted by Gasteiger charge is 2.42. The molecule has 1 aliphatic rings. The van der Waals surface area contributed by atoms with Crippen LogP contribution in [0.1, 0.15) is 44.7 Å². The molecule has 0 radical (unpaired) electrons. The Morgan fingerprint density at radius 3 is 1.17 bits per heavy atom. The standard InChI is InChI=1S/C43H40OP2/c1-4-32(2)31-43(3)37-27-17-29-39(45(33-19-9-5-10-20-33)34-21-11-6-12-22-34)41(37)44-42-38(43)28-18-30-40(42)46(35-23-13-7-14-24-35)36-25-15-8-16-26-36/h5-30,32H,4,31H2,1-3H3. The highest BCUT2D eigenvalue weighted by atomic mass is 31.1. The van der Waals surface area contributed by atoms with E-state index in [9.17, 15) is 0 Å². The van der Waals surface area contributed by atoms with Gasteiger partial charge in [0.1, 0.15) is 11.5 Å². The third-order valence-corrected chi connectivity index (χ3v) is 14.3. The SMILES string of the molecule is CCC(C)CC1(C)c2cccc(P(c3ccccc3)c3ccccc3)c2Oc2c(P(c3ccccc3)c3ccccc3)cccc21. The van der Waals surface area contributed by atoms with Crippen LogP contribution >= 0.6 is 15.8 Å². The van der Waals surface area contributed by atoms with Crippen LogP contribution in [0.5, 0.6) is 11.5 Å². The van der Waals surface area contributed by atoms with Crippen molar-refractivity contribution in [3.05, 3.63) is 169 Å². The minimum Gasteiger partial charge on any atom is -0.455 e. The van der Waals surface area contributed by atoms with Crippen LogP contribution in [0, 0.1) is 5.92 Å². The summed E-state index contributed by atoms with van der Waals surface area (Å²) in [5, 5.41) is 7.89. The second-order valence-corrected chi connectivity index (χ2v) is 16.8. The van der Waals surface area contributed by atoms with Crippen molar-refractivity contribution in [1.29, 1.82) is 0 Å². The molecular weight excluding hydrogens is 594 g/mol. The Bertz CT molecular complexity index is 1690. The van der Waals surface area contributed by atoms with Crippen molar-refractivity contribution in [2.24, 2.45) is 5.92 Å². The Hall–Kier alpha value is -4.02. The van der Waals surface area contributed by atoms with Gasteiger partial charge in [-0.05, 0) is 49.4 Å². The van der Waals surface area contributed by atoms with Crippen LogP contribution in [0.4, 0.5) is 0 Å². The van der Waals surface area contributed by atoms with Crippen molar-refractivity contribution in [1.82, 2.24) is 0 Å². The predicted molar refractivity (Wildman–Crippen MR) is 201 cm³/mol. The summed E-state index contributed by atoms with van der Waals surface area (Å²) in [7, 11) is -1.70. The first-order chi connectivity index (χ1) is 22.6. The highest BCUT2D eigenvalue weighted by molar-refractivity contribution is 7.80. The number of ether oxygens (including phenoxy) is 1. The summed E-state index contributed by atoms with van der Waals surface area (Å²) in [6.07, 6.45) is 2.20. The first-order valence-corrected chi connectivity index (χ1v) is 19.0. The fourth-order valence-electron chi connectivity index (χ4n) is 6.96. The highest BCUT2D eigenvalue weighted by Crippen LogP contribution is 2.54. The van der Waals surface area contributed by atoms with Gasteiger partial charge in [-0.3, -0.25) is 0 Å². The molecule has 46 heavy (non-hydrogen) atoms. The van der Waals surface area contributed by atoms with E-state index in [0.717, 1.165) is 24.3 Å². The van der Waals surface area contributed by atoms with Crippen LogP contribution in [0.15, 0.2) is 158 Å². The largest absolute Gasteiger partial charge is 0.455 e. The molecule has 0 saturated carbocycles. The average Bonchev–Trinajstić information content (AvgIpc) is 3.11. The van der Waals surface area contributed by atoms with Crippen molar-refractivity contribution in [3.8, 4) is 11.5 Å². The smallest absolute Gasteiger partial charge is 0.139 e. The molecule has 1 heterocycles. The zero-order chi connectivity index (χ0) is 31.5. The maximum Gasteiger partial charge on any atom is 0.139 e. The Morgan fingerprint density at radius 2 is 0.848 bits per heavy atom. The van der Waals surface area contributed by atoms with Crippen LogP contribution in [0.2, 0.25) is 0 Å². The van der Waals surface area contributed by atoms with Crippen LogP contribution in [0.25, 0.3) is 0 Å². The Morgan fingerprint density at radius 1 is 0.500 bits per heavy atom. The predicted octanol–water partition coefficient (Wildman–Crippen LogP) is 9.05. The number of benzene rings is 6. The van der Waals surface area contributed by atoms with E-state index in [1.54, 1.807) is 0 Å². The molecule has 7 rings (SSSR count). The molecule has 228 valence electrons. The van der Waals surface area contributed by atoms with Crippen molar-refractivity contribution < 1.29 is 4.74 Å². The second-order valence-electron chi connectivity index (χ2n) is 12.5. The molecule has 3 heteroatoms. The summed E-state index contributed by atoms with van der Waals surface area (Å²) in [4.78, 5) is 0. The molecule has 0 spiro atoms. The lowest BCUT2D eigenvalue weighted by Crippen LogP contribution is -2.35. The van der Waals surface area contributed by atoms with Gasteiger partial charge in [-0.2, -0.15) is 0 Å². The molecule has 1 atom stereocenters. The molecular formula is C43H40OP2. The first-order valence-electron chi connectivity index (χ1n) is 16.3. The van der Waals surface area contributed by atoms with E-state index in [1.807, 2.05) is 0 Å². The van der Waals surface area contributed by atoms with E-state index < -0.39 is 15.8 Å². The maximum absolute atomic E-state index is 7.43. The summed E-state index contributed by atoms with van der Waals surface area (Å²) in [5.74, 6) is 2.65. The van der Waals surface area contributed by atoms with E-state index in [2.05, 4.69) is 178 Å². The Kier molecular flexibility index (Phi) is 8.90. The number of para-hydroxylation sites is 2. The number of rotatable bonds is 9. The molecule has 0 N–H and O–H groups in total. The fourth-order valence-corrected chi connectivity index (χ4v) is 11.8. The molecule has 6 aromatic carbocycles. The van der Waals surface area contributed by atoms with Crippen LogP contribution in [-0.4, -0.2) is 0 Å². The Labute approximate surface area is 276 Å². The molecule has 0 aromatic heterocycles. The summed E-state index contributed by atoms with van der Waals surface area (Å²) in [6, 6.07) is 57.8. The summed E-state index contributed by atoms with van der Waals surface area (Å²) in [5.41, 5.74) is 2.41. The monoisotopic (exact) mass is 634 g/mol.